The summed E-state index contributed by atoms with van der Waals surface area (Å²) in [5, 5.41) is 19.2. The zero-order chi connectivity index (χ0) is 14.2. The van der Waals surface area contributed by atoms with E-state index in [2.05, 4.69) is 4.98 Å². The predicted molar refractivity (Wildman–Crippen MR) is 65.7 cm³/mol. The lowest BCUT2D eigenvalue weighted by molar-refractivity contribution is -0.122. The zero-order valence-corrected chi connectivity index (χ0v) is 10.5. The first-order chi connectivity index (χ1) is 8.93. The fourth-order valence-corrected chi connectivity index (χ4v) is 2.17. The van der Waals surface area contributed by atoms with E-state index in [0.717, 1.165) is 0 Å². The third-order valence-corrected chi connectivity index (χ3v) is 3.47. The van der Waals surface area contributed by atoms with Crippen molar-refractivity contribution in [2.45, 2.75) is 31.3 Å². The Labute approximate surface area is 108 Å². The number of aliphatic hydroxyl groups is 2. The monoisotopic (exact) mass is 271 g/mol. The Bertz CT molecular complexity index is 574. The van der Waals surface area contributed by atoms with E-state index in [4.69, 9.17) is 10.5 Å². The van der Waals surface area contributed by atoms with Crippen LogP contribution in [0, 0.1) is 6.92 Å². The first-order valence-corrected chi connectivity index (χ1v) is 5.92. The van der Waals surface area contributed by atoms with Crippen LogP contribution in [0.2, 0.25) is 0 Å². The van der Waals surface area contributed by atoms with E-state index in [1.54, 1.807) is 6.92 Å². The fraction of sp³-hybridized carbons (Fsp3) is 0.636. The second kappa shape index (κ2) is 4.89. The summed E-state index contributed by atoms with van der Waals surface area (Å²) < 4.78 is 6.72. The minimum atomic E-state index is -1.27. The van der Waals surface area contributed by atoms with Gasteiger partial charge in [-0.3, -0.25) is 14.3 Å². The summed E-state index contributed by atoms with van der Waals surface area (Å²) in [5.74, 6) is 0. The standard InChI is InChI=1S/C11H17N3O5/c1-6-3-14(10(18)13-9(6)17)8-2-7(16)11(4-12,5-15)19-8/h3,7-8,15-16H,2,4-5,12H2,1H3,(H,13,17,18)/t7?,8-,11-/m1/s1. The molecule has 0 aromatic carbocycles. The third kappa shape index (κ3) is 2.23. The van der Waals surface area contributed by atoms with Crippen LogP contribution >= 0.6 is 0 Å². The summed E-state index contributed by atoms with van der Waals surface area (Å²) in [5.41, 5.74) is 3.50. The maximum atomic E-state index is 11.7. The molecule has 1 saturated heterocycles. The van der Waals surface area contributed by atoms with Crippen molar-refractivity contribution in [3.05, 3.63) is 32.6 Å². The van der Waals surface area contributed by atoms with Gasteiger partial charge in [-0.25, -0.2) is 4.79 Å². The molecule has 0 spiro atoms. The average Bonchev–Trinajstić information content (AvgIpc) is 2.71. The number of rotatable bonds is 3. The summed E-state index contributed by atoms with van der Waals surface area (Å²) in [7, 11) is 0. The summed E-state index contributed by atoms with van der Waals surface area (Å²) in [4.78, 5) is 25.2. The Hall–Kier alpha value is -1.48. The van der Waals surface area contributed by atoms with E-state index in [9.17, 15) is 19.8 Å². The Morgan fingerprint density at radius 1 is 1.63 bits per heavy atom. The number of aryl methyl sites for hydroxylation is 1. The Kier molecular flexibility index (Phi) is 3.59. The van der Waals surface area contributed by atoms with Crippen molar-refractivity contribution >= 4 is 0 Å². The zero-order valence-electron chi connectivity index (χ0n) is 10.5. The molecular weight excluding hydrogens is 254 g/mol. The lowest BCUT2D eigenvalue weighted by Gasteiger charge is -2.28. The van der Waals surface area contributed by atoms with Crippen molar-refractivity contribution in [2.24, 2.45) is 5.73 Å². The van der Waals surface area contributed by atoms with Gasteiger partial charge in [-0.05, 0) is 6.92 Å². The molecule has 3 atom stereocenters. The van der Waals surface area contributed by atoms with Crippen LogP contribution in [-0.4, -0.2) is 44.6 Å². The van der Waals surface area contributed by atoms with Gasteiger partial charge < -0.3 is 20.7 Å². The molecular formula is C11H17N3O5. The molecule has 1 unspecified atom stereocenters. The molecule has 5 N–H and O–H groups in total. The number of hydrogen-bond acceptors (Lipinski definition) is 6. The molecule has 1 aliphatic rings. The highest BCUT2D eigenvalue weighted by Gasteiger charge is 2.47. The first-order valence-electron chi connectivity index (χ1n) is 5.92. The van der Waals surface area contributed by atoms with Crippen molar-refractivity contribution in [1.82, 2.24) is 9.55 Å². The molecule has 19 heavy (non-hydrogen) atoms. The van der Waals surface area contributed by atoms with Crippen molar-refractivity contribution in [2.75, 3.05) is 13.2 Å². The van der Waals surface area contributed by atoms with Crippen LogP contribution in [-0.2, 0) is 4.74 Å². The SMILES string of the molecule is Cc1cn([C@H]2CC(O)[C@@](CN)(CO)O2)c(=O)[nH]c1=O. The lowest BCUT2D eigenvalue weighted by Crippen LogP contribution is -2.49. The van der Waals surface area contributed by atoms with E-state index in [-0.39, 0.29) is 13.0 Å². The molecule has 8 nitrogen and oxygen atoms in total. The van der Waals surface area contributed by atoms with Crippen LogP contribution in [0.5, 0.6) is 0 Å². The molecule has 0 aliphatic carbocycles. The number of H-pyrrole nitrogens is 1. The van der Waals surface area contributed by atoms with Crippen LogP contribution in [0.1, 0.15) is 18.2 Å². The van der Waals surface area contributed by atoms with Crippen LogP contribution in [0.4, 0.5) is 0 Å². The van der Waals surface area contributed by atoms with Crippen LogP contribution in [0.15, 0.2) is 15.8 Å². The van der Waals surface area contributed by atoms with E-state index in [1.165, 1.54) is 10.8 Å². The normalized spacial score (nSPS) is 30.7. The molecule has 8 heteroatoms. The number of aromatic amines is 1. The molecule has 1 aromatic rings. The Morgan fingerprint density at radius 2 is 2.32 bits per heavy atom. The topological polar surface area (TPSA) is 131 Å². The molecule has 0 saturated carbocycles. The number of nitrogens with two attached hydrogens (primary N) is 1. The van der Waals surface area contributed by atoms with Crippen LogP contribution in [0.25, 0.3) is 0 Å². The van der Waals surface area contributed by atoms with Gasteiger partial charge in [0.05, 0.1) is 12.7 Å². The van der Waals surface area contributed by atoms with Gasteiger partial charge in [-0.15, -0.1) is 0 Å². The van der Waals surface area contributed by atoms with Crippen molar-refractivity contribution in [3.8, 4) is 0 Å². The summed E-state index contributed by atoms with van der Waals surface area (Å²) >= 11 is 0. The molecule has 2 heterocycles. The number of nitrogens with one attached hydrogen (secondary N) is 1. The van der Waals surface area contributed by atoms with E-state index < -0.39 is 35.8 Å². The van der Waals surface area contributed by atoms with Gasteiger partial charge in [0.2, 0.25) is 0 Å². The second-order valence-electron chi connectivity index (χ2n) is 4.73. The summed E-state index contributed by atoms with van der Waals surface area (Å²) in [6.45, 7) is 1.04. The first kappa shape index (κ1) is 13.9. The fourth-order valence-electron chi connectivity index (χ4n) is 2.17. The van der Waals surface area contributed by atoms with E-state index in [0.29, 0.717) is 5.56 Å². The molecule has 0 bridgehead atoms. The van der Waals surface area contributed by atoms with Crippen molar-refractivity contribution in [3.63, 3.8) is 0 Å². The second-order valence-corrected chi connectivity index (χ2v) is 4.73. The highest BCUT2D eigenvalue weighted by atomic mass is 16.6. The number of ether oxygens (including phenoxy) is 1. The summed E-state index contributed by atoms with van der Waals surface area (Å²) in [6.07, 6.45) is -0.272. The maximum Gasteiger partial charge on any atom is 0.330 e. The van der Waals surface area contributed by atoms with Gasteiger partial charge in [0.15, 0.2) is 0 Å². The van der Waals surface area contributed by atoms with E-state index in [1.807, 2.05) is 0 Å². The lowest BCUT2D eigenvalue weighted by atomic mass is 9.98. The molecule has 0 amide bonds. The molecule has 106 valence electrons. The minimum absolute atomic E-state index is 0.0712. The van der Waals surface area contributed by atoms with E-state index >= 15 is 0 Å². The molecule has 0 radical (unpaired) electrons. The largest absolute Gasteiger partial charge is 0.393 e. The Balaban J connectivity index is 2.38. The van der Waals surface area contributed by atoms with Gasteiger partial charge in [-0.2, -0.15) is 0 Å². The van der Waals surface area contributed by atoms with Gasteiger partial charge in [0, 0.05) is 24.7 Å². The van der Waals surface area contributed by atoms with Crippen LogP contribution in [0.3, 0.4) is 0 Å². The van der Waals surface area contributed by atoms with Gasteiger partial charge >= 0.3 is 5.69 Å². The molecule has 1 fully saturated rings. The number of nitrogens with zero attached hydrogens (tertiary/aromatic N) is 1. The number of aliphatic hydroxyl groups excluding tert-OH is 2. The number of aromatic nitrogens is 2. The van der Waals surface area contributed by atoms with Crippen LogP contribution < -0.4 is 17.0 Å². The van der Waals surface area contributed by atoms with Gasteiger partial charge in [0.1, 0.15) is 11.8 Å². The van der Waals surface area contributed by atoms with Crippen molar-refractivity contribution in [1.29, 1.82) is 0 Å². The highest BCUT2D eigenvalue weighted by Crippen LogP contribution is 2.35. The van der Waals surface area contributed by atoms with Crippen molar-refractivity contribution < 1.29 is 14.9 Å². The summed E-state index contributed by atoms with van der Waals surface area (Å²) in [6, 6.07) is 0. The molecule has 1 aliphatic heterocycles. The Morgan fingerprint density at radius 3 is 2.84 bits per heavy atom. The predicted octanol–water partition coefficient (Wildman–Crippen LogP) is -2.19. The van der Waals surface area contributed by atoms with Gasteiger partial charge in [0.25, 0.3) is 5.56 Å². The molecule has 1 aromatic heterocycles. The smallest absolute Gasteiger partial charge is 0.330 e. The van der Waals surface area contributed by atoms with Gasteiger partial charge in [-0.1, -0.05) is 0 Å². The quantitative estimate of drug-likeness (QED) is 0.494. The highest BCUT2D eigenvalue weighted by molar-refractivity contribution is 5.03. The number of hydrogen-bond donors (Lipinski definition) is 4. The molecule has 2 rings (SSSR count). The average molecular weight is 271 g/mol. The minimum Gasteiger partial charge on any atom is -0.393 e. The maximum absolute atomic E-state index is 11.7. The third-order valence-electron chi connectivity index (χ3n) is 3.47.